The number of hydrogen-bond acceptors (Lipinski definition) is 4. The molecule has 2 heterocycles. The van der Waals surface area contributed by atoms with Crippen LogP contribution in [0.1, 0.15) is 17.6 Å². The Morgan fingerprint density at radius 2 is 2.00 bits per heavy atom. The molecule has 0 saturated heterocycles. The quantitative estimate of drug-likeness (QED) is 0.589. The maximum absolute atomic E-state index is 10.9. The summed E-state index contributed by atoms with van der Waals surface area (Å²) in [5.41, 5.74) is 0.951. The molecule has 0 saturated carbocycles. The summed E-state index contributed by atoms with van der Waals surface area (Å²) in [6, 6.07) is 3.34. The zero-order valence-corrected chi connectivity index (χ0v) is 11.0. The summed E-state index contributed by atoms with van der Waals surface area (Å²) in [5.74, 6) is -1.09. The van der Waals surface area contributed by atoms with Gasteiger partial charge in [0.25, 0.3) is 0 Å². The summed E-state index contributed by atoms with van der Waals surface area (Å²) in [5, 5.41) is 16.7. The van der Waals surface area contributed by atoms with Crippen molar-refractivity contribution in [1.29, 1.82) is 0 Å². The first kappa shape index (κ1) is 12.8. The van der Waals surface area contributed by atoms with Crippen LogP contribution < -0.4 is 29.6 Å². The zero-order chi connectivity index (χ0) is 10.8. The molecule has 2 rings (SSSR count). The van der Waals surface area contributed by atoms with E-state index in [2.05, 4.69) is 15.2 Å². The molecule has 0 atom stereocenters. The second-order valence-corrected chi connectivity index (χ2v) is 2.94. The Labute approximate surface area is 115 Å². The van der Waals surface area contributed by atoms with Gasteiger partial charge in [-0.3, -0.25) is 0 Å². The Bertz CT molecular complexity index is 504. The number of rotatable bonds is 2. The van der Waals surface area contributed by atoms with E-state index < -0.39 is 5.97 Å². The molecule has 0 spiro atoms. The third-order valence-corrected chi connectivity index (χ3v) is 1.85. The summed E-state index contributed by atoms with van der Waals surface area (Å²) in [4.78, 5) is 16.1. The molecule has 0 aliphatic rings. The van der Waals surface area contributed by atoms with Gasteiger partial charge in [-0.15, -0.1) is 4.80 Å². The smallest absolute Gasteiger partial charge is 1.00 e. The second-order valence-electron chi connectivity index (χ2n) is 2.94. The van der Waals surface area contributed by atoms with Gasteiger partial charge in [0, 0.05) is 5.69 Å². The zero-order valence-electron chi connectivity index (χ0n) is 9.95. The Kier molecular flexibility index (Phi) is 4.17. The third-order valence-electron chi connectivity index (χ3n) is 1.85. The van der Waals surface area contributed by atoms with Gasteiger partial charge in [0.1, 0.15) is 5.69 Å². The molecule has 0 amide bonds. The molecule has 2 aromatic heterocycles. The van der Waals surface area contributed by atoms with Crippen LogP contribution in [0, 0.1) is 6.92 Å². The van der Waals surface area contributed by atoms with Gasteiger partial charge in [0.2, 0.25) is 0 Å². The predicted octanol–water partition coefficient (Wildman–Crippen LogP) is -2.21. The summed E-state index contributed by atoms with van der Waals surface area (Å²) in [6.07, 6.45) is 2.96. The van der Waals surface area contributed by atoms with Gasteiger partial charge >= 0.3 is 35.5 Å². The molecular formula is C9H9N4NaO2. The Hall–Kier alpha value is -1.24. The second kappa shape index (κ2) is 5.20. The number of carboxylic acid groups (broad SMARTS) is 1. The monoisotopic (exact) mass is 228 g/mol. The van der Waals surface area contributed by atoms with Crippen LogP contribution in [-0.2, 0) is 0 Å². The number of aryl methyl sites for hydroxylation is 1. The molecule has 0 aromatic carbocycles. The topological polar surface area (TPSA) is 80.9 Å². The molecule has 0 unspecified atom stereocenters. The van der Waals surface area contributed by atoms with Crippen molar-refractivity contribution >= 4 is 5.97 Å². The average molecular weight is 228 g/mol. The van der Waals surface area contributed by atoms with Crippen molar-refractivity contribution in [2.24, 2.45) is 0 Å². The predicted molar refractivity (Wildman–Crippen MR) is 52.0 cm³/mol. The molecule has 2 aromatic rings. The molecule has 6 nitrogen and oxygen atoms in total. The van der Waals surface area contributed by atoms with Gasteiger partial charge in [0.05, 0.1) is 12.4 Å². The molecular weight excluding hydrogens is 219 g/mol. The molecule has 1 N–H and O–H groups in total. The van der Waals surface area contributed by atoms with E-state index in [4.69, 9.17) is 5.11 Å². The van der Waals surface area contributed by atoms with Gasteiger partial charge in [-0.05, 0) is 19.1 Å². The fourth-order valence-corrected chi connectivity index (χ4v) is 1.21. The Balaban J connectivity index is 0.00000128. The van der Waals surface area contributed by atoms with E-state index in [1.54, 1.807) is 19.1 Å². The molecule has 0 radical (unpaired) electrons. The molecule has 16 heavy (non-hydrogen) atoms. The number of aromatic carboxylic acids is 1. The first-order valence-electron chi connectivity index (χ1n) is 4.26. The summed E-state index contributed by atoms with van der Waals surface area (Å²) < 4.78 is 0. The standard InChI is InChI=1S/C9H8N4O2.Na.H/c1-6-2-3-7(8(12-6)9(14)15)13-10-4-5-11-13;;/h2-5H,1H3,(H,14,15);;/q;+1;-1. The fourth-order valence-electron chi connectivity index (χ4n) is 1.21. The van der Waals surface area contributed by atoms with E-state index in [0.717, 1.165) is 0 Å². The summed E-state index contributed by atoms with van der Waals surface area (Å²) >= 11 is 0. The number of aromatic nitrogens is 4. The fraction of sp³-hybridized carbons (Fsp3) is 0.111. The Morgan fingerprint density at radius 1 is 1.38 bits per heavy atom. The molecule has 0 aliphatic carbocycles. The van der Waals surface area contributed by atoms with Crippen molar-refractivity contribution in [3.63, 3.8) is 0 Å². The van der Waals surface area contributed by atoms with Crippen LogP contribution in [-0.4, -0.2) is 31.1 Å². The third kappa shape index (κ3) is 2.46. The molecule has 78 valence electrons. The van der Waals surface area contributed by atoms with E-state index in [1.807, 2.05) is 0 Å². The van der Waals surface area contributed by atoms with E-state index in [1.165, 1.54) is 17.2 Å². The van der Waals surface area contributed by atoms with E-state index in [0.29, 0.717) is 11.4 Å². The van der Waals surface area contributed by atoms with Crippen LogP contribution in [0.25, 0.3) is 5.69 Å². The van der Waals surface area contributed by atoms with Gasteiger partial charge in [-0.1, -0.05) is 0 Å². The summed E-state index contributed by atoms with van der Waals surface area (Å²) in [7, 11) is 0. The maximum atomic E-state index is 10.9. The van der Waals surface area contributed by atoms with E-state index in [9.17, 15) is 4.79 Å². The van der Waals surface area contributed by atoms with Gasteiger partial charge in [-0.2, -0.15) is 10.2 Å². The van der Waals surface area contributed by atoms with Crippen molar-refractivity contribution < 1.29 is 40.9 Å². The van der Waals surface area contributed by atoms with Gasteiger partial charge in [0.15, 0.2) is 5.69 Å². The minimum absolute atomic E-state index is 0. The van der Waals surface area contributed by atoms with E-state index >= 15 is 0 Å². The number of hydrogen-bond donors (Lipinski definition) is 1. The first-order valence-corrected chi connectivity index (χ1v) is 4.26. The van der Waals surface area contributed by atoms with Crippen LogP contribution in [0.15, 0.2) is 24.5 Å². The van der Waals surface area contributed by atoms with Gasteiger partial charge in [-0.25, -0.2) is 9.78 Å². The molecule has 0 bridgehead atoms. The first-order chi connectivity index (χ1) is 7.18. The van der Waals surface area contributed by atoms with Crippen molar-refractivity contribution in [2.45, 2.75) is 6.92 Å². The van der Waals surface area contributed by atoms with Crippen molar-refractivity contribution in [1.82, 2.24) is 20.0 Å². The largest absolute Gasteiger partial charge is 1.00 e. The van der Waals surface area contributed by atoms with Crippen LogP contribution in [0.4, 0.5) is 0 Å². The SMILES string of the molecule is Cc1ccc(-n2nccn2)c(C(=O)O)n1.[H-].[Na+]. The van der Waals surface area contributed by atoms with Crippen molar-refractivity contribution in [2.75, 3.05) is 0 Å². The molecule has 0 fully saturated rings. The molecule has 0 aliphatic heterocycles. The van der Waals surface area contributed by atoms with Crippen molar-refractivity contribution in [3.8, 4) is 5.69 Å². The summed E-state index contributed by atoms with van der Waals surface area (Å²) in [6.45, 7) is 1.73. The van der Waals surface area contributed by atoms with Crippen LogP contribution in [0.3, 0.4) is 0 Å². The number of carboxylic acids is 1. The van der Waals surface area contributed by atoms with Crippen LogP contribution in [0.2, 0.25) is 0 Å². The average Bonchev–Trinajstić information content (AvgIpc) is 2.70. The Morgan fingerprint density at radius 3 is 2.56 bits per heavy atom. The normalized spacial score (nSPS) is 9.56. The minimum Gasteiger partial charge on any atom is -1.00 e. The van der Waals surface area contributed by atoms with Gasteiger partial charge < -0.3 is 6.53 Å². The minimum atomic E-state index is -1.09. The van der Waals surface area contributed by atoms with Crippen LogP contribution >= 0.6 is 0 Å². The number of pyridine rings is 1. The van der Waals surface area contributed by atoms with Crippen molar-refractivity contribution in [3.05, 3.63) is 35.9 Å². The molecule has 7 heteroatoms. The van der Waals surface area contributed by atoms with E-state index in [-0.39, 0.29) is 36.7 Å². The van der Waals surface area contributed by atoms with Crippen LogP contribution in [0.5, 0.6) is 0 Å². The number of carbonyl (C=O) groups is 1. The number of nitrogens with zero attached hydrogens (tertiary/aromatic N) is 4. The maximum Gasteiger partial charge on any atom is 1.00 e.